The summed E-state index contributed by atoms with van der Waals surface area (Å²) in [7, 11) is 0. The van der Waals surface area contributed by atoms with Gasteiger partial charge in [-0.05, 0) is 36.8 Å². The van der Waals surface area contributed by atoms with E-state index in [4.69, 9.17) is 23.2 Å². The summed E-state index contributed by atoms with van der Waals surface area (Å²) in [5.41, 5.74) is 1.87. The van der Waals surface area contributed by atoms with E-state index in [9.17, 15) is 10.1 Å². The summed E-state index contributed by atoms with van der Waals surface area (Å²) in [5, 5.41) is 11.9. The molecule has 0 spiro atoms. The molecular weight excluding hydrogens is 299 g/mol. The van der Waals surface area contributed by atoms with Gasteiger partial charge in [0.2, 0.25) is 0 Å². The molecule has 0 radical (unpaired) electrons. The number of nitrogens with zero attached hydrogens (tertiary/aromatic N) is 2. The largest absolute Gasteiger partial charge is 0.278 e. The van der Waals surface area contributed by atoms with Gasteiger partial charge in [0.1, 0.15) is 0 Å². The highest BCUT2D eigenvalue weighted by Gasteiger charge is 2.11. The molecule has 0 fully saturated rings. The van der Waals surface area contributed by atoms with Gasteiger partial charge in [-0.15, -0.1) is 0 Å². The first kappa shape index (κ1) is 14.5. The van der Waals surface area contributed by atoms with E-state index in [-0.39, 0.29) is 5.69 Å². The molecule has 0 aliphatic carbocycles. The molecule has 0 unspecified atom stereocenters. The minimum atomic E-state index is -0.472. The SMILES string of the molecule is Cc1ccc(N=Cc2cc(Cl)ccc2[N+](=O)[O-])cc1Cl. The second kappa shape index (κ2) is 6.03. The van der Waals surface area contributed by atoms with E-state index in [1.165, 1.54) is 24.4 Å². The fourth-order valence-electron chi connectivity index (χ4n) is 1.60. The first-order valence-electron chi connectivity index (χ1n) is 5.71. The Kier molecular flexibility index (Phi) is 4.37. The number of aryl methyl sites for hydroxylation is 1. The van der Waals surface area contributed by atoms with E-state index in [0.717, 1.165) is 5.56 Å². The summed E-state index contributed by atoms with van der Waals surface area (Å²) in [6.45, 7) is 1.89. The van der Waals surface area contributed by atoms with E-state index in [2.05, 4.69) is 4.99 Å². The molecule has 0 atom stereocenters. The second-order valence-corrected chi connectivity index (χ2v) is 5.00. The molecule has 0 N–H and O–H groups in total. The van der Waals surface area contributed by atoms with Crippen LogP contribution >= 0.6 is 23.2 Å². The summed E-state index contributed by atoms with van der Waals surface area (Å²) >= 11 is 11.8. The van der Waals surface area contributed by atoms with Crippen LogP contribution < -0.4 is 0 Å². The Morgan fingerprint density at radius 2 is 1.95 bits per heavy atom. The lowest BCUT2D eigenvalue weighted by Gasteiger charge is -2.00. The van der Waals surface area contributed by atoms with Crippen molar-refractivity contribution < 1.29 is 4.92 Å². The van der Waals surface area contributed by atoms with Crippen LogP contribution in [-0.2, 0) is 0 Å². The minimum Gasteiger partial charge on any atom is -0.258 e. The first-order valence-corrected chi connectivity index (χ1v) is 6.47. The lowest BCUT2D eigenvalue weighted by molar-refractivity contribution is -0.385. The van der Waals surface area contributed by atoms with Crippen molar-refractivity contribution in [3.8, 4) is 0 Å². The van der Waals surface area contributed by atoms with Crippen LogP contribution in [0.4, 0.5) is 11.4 Å². The van der Waals surface area contributed by atoms with Gasteiger partial charge in [-0.3, -0.25) is 15.1 Å². The maximum absolute atomic E-state index is 10.9. The number of hydrogen-bond acceptors (Lipinski definition) is 3. The van der Waals surface area contributed by atoms with Crippen LogP contribution in [0.1, 0.15) is 11.1 Å². The number of rotatable bonds is 3. The summed E-state index contributed by atoms with van der Waals surface area (Å²) in [5.74, 6) is 0. The standard InChI is InChI=1S/C14H10Cl2N2O2/c1-9-2-4-12(7-13(9)16)17-8-10-6-11(15)3-5-14(10)18(19)20/h2-8H,1H3. The molecule has 6 heteroatoms. The van der Waals surface area contributed by atoms with Gasteiger partial charge < -0.3 is 0 Å². The molecule has 0 aromatic heterocycles. The van der Waals surface area contributed by atoms with Crippen molar-refractivity contribution in [2.75, 3.05) is 0 Å². The van der Waals surface area contributed by atoms with Crippen LogP contribution in [0, 0.1) is 17.0 Å². The monoisotopic (exact) mass is 308 g/mol. The number of aliphatic imine (C=N–C) groups is 1. The van der Waals surface area contributed by atoms with Crippen molar-refractivity contribution in [1.82, 2.24) is 0 Å². The topological polar surface area (TPSA) is 55.5 Å². The first-order chi connectivity index (χ1) is 9.47. The Labute approximate surface area is 125 Å². The average molecular weight is 309 g/mol. The van der Waals surface area contributed by atoms with Gasteiger partial charge in [-0.25, -0.2) is 0 Å². The summed E-state index contributed by atoms with van der Waals surface area (Å²) in [4.78, 5) is 14.6. The third-order valence-corrected chi connectivity index (χ3v) is 3.34. The van der Waals surface area contributed by atoms with Crippen LogP contribution in [0.25, 0.3) is 0 Å². The molecule has 0 aliphatic rings. The van der Waals surface area contributed by atoms with Crippen molar-refractivity contribution in [1.29, 1.82) is 0 Å². The number of halogens is 2. The average Bonchev–Trinajstić information content (AvgIpc) is 2.40. The van der Waals surface area contributed by atoms with Crippen molar-refractivity contribution in [3.05, 3.63) is 67.7 Å². The van der Waals surface area contributed by atoms with E-state index in [1.54, 1.807) is 12.1 Å². The Balaban J connectivity index is 2.37. The summed E-state index contributed by atoms with van der Waals surface area (Å²) in [6, 6.07) is 9.64. The molecule has 0 bridgehead atoms. The molecule has 2 aromatic carbocycles. The van der Waals surface area contributed by atoms with Gasteiger partial charge in [0, 0.05) is 22.3 Å². The normalized spacial score (nSPS) is 10.9. The molecule has 0 aliphatic heterocycles. The maximum Gasteiger partial charge on any atom is 0.278 e. The van der Waals surface area contributed by atoms with Crippen molar-refractivity contribution in [2.24, 2.45) is 4.99 Å². The molecule has 2 rings (SSSR count). The predicted octanol–water partition coefficient (Wildman–Crippen LogP) is 4.96. The van der Waals surface area contributed by atoms with E-state index >= 15 is 0 Å². The summed E-state index contributed by atoms with van der Waals surface area (Å²) in [6.07, 6.45) is 1.41. The zero-order valence-electron chi connectivity index (χ0n) is 10.5. The highest BCUT2D eigenvalue weighted by molar-refractivity contribution is 6.31. The van der Waals surface area contributed by atoms with Gasteiger partial charge in [0.15, 0.2) is 0 Å². The van der Waals surface area contributed by atoms with E-state index in [0.29, 0.717) is 21.3 Å². The van der Waals surface area contributed by atoms with Gasteiger partial charge >= 0.3 is 0 Å². The van der Waals surface area contributed by atoms with Crippen molar-refractivity contribution >= 4 is 40.8 Å². The number of nitro benzene ring substituents is 1. The van der Waals surface area contributed by atoms with Gasteiger partial charge in [0.25, 0.3) is 5.69 Å². The Morgan fingerprint density at radius 3 is 2.60 bits per heavy atom. The smallest absolute Gasteiger partial charge is 0.258 e. The zero-order valence-corrected chi connectivity index (χ0v) is 12.0. The van der Waals surface area contributed by atoms with Gasteiger partial charge in [-0.2, -0.15) is 0 Å². The van der Waals surface area contributed by atoms with Crippen LogP contribution in [0.15, 0.2) is 41.4 Å². The number of nitro groups is 1. The fraction of sp³-hybridized carbons (Fsp3) is 0.0714. The molecule has 0 heterocycles. The molecule has 20 heavy (non-hydrogen) atoms. The molecule has 0 amide bonds. The van der Waals surface area contributed by atoms with E-state index in [1.807, 2.05) is 13.0 Å². The molecule has 0 saturated heterocycles. The number of hydrogen-bond donors (Lipinski definition) is 0. The molecule has 0 saturated carbocycles. The van der Waals surface area contributed by atoms with Crippen LogP contribution in [0.5, 0.6) is 0 Å². The number of benzene rings is 2. The fourth-order valence-corrected chi connectivity index (χ4v) is 1.96. The maximum atomic E-state index is 10.9. The molecular formula is C14H10Cl2N2O2. The van der Waals surface area contributed by atoms with Crippen LogP contribution in [0.3, 0.4) is 0 Å². The predicted molar refractivity (Wildman–Crippen MR) is 81.5 cm³/mol. The Hall–Kier alpha value is -1.91. The van der Waals surface area contributed by atoms with Gasteiger partial charge in [-0.1, -0.05) is 29.3 Å². The van der Waals surface area contributed by atoms with Crippen molar-refractivity contribution in [2.45, 2.75) is 6.92 Å². The highest BCUT2D eigenvalue weighted by atomic mass is 35.5. The highest BCUT2D eigenvalue weighted by Crippen LogP contribution is 2.24. The molecule has 4 nitrogen and oxygen atoms in total. The van der Waals surface area contributed by atoms with Crippen molar-refractivity contribution in [3.63, 3.8) is 0 Å². The van der Waals surface area contributed by atoms with E-state index < -0.39 is 4.92 Å². The Bertz CT molecular complexity index is 700. The lowest BCUT2D eigenvalue weighted by Crippen LogP contribution is -1.94. The molecule has 102 valence electrons. The third-order valence-electron chi connectivity index (χ3n) is 2.69. The Morgan fingerprint density at radius 1 is 1.20 bits per heavy atom. The lowest BCUT2D eigenvalue weighted by atomic mass is 10.2. The second-order valence-electron chi connectivity index (χ2n) is 4.15. The minimum absolute atomic E-state index is 0.0450. The molecule has 2 aromatic rings. The van der Waals surface area contributed by atoms with Crippen LogP contribution in [0.2, 0.25) is 10.0 Å². The van der Waals surface area contributed by atoms with Crippen LogP contribution in [-0.4, -0.2) is 11.1 Å². The zero-order chi connectivity index (χ0) is 14.7. The quantitative estimate of drug-likeness (QED) is 0.457. The third kappa shape index (κ3) is 3.35. The van der Waals surface area contributed by atoms with Gasteiger partial charge in [0.05, 0.1) is 16.2 Å². The summed E-state index contributed by atoms with van der Waals surface area (Å²) < 4.78 is 0.